The van der Waals surface area contributed by atoms with Crippen LogP contribution in [0.15, 0.2) is 18.2 Å². The number of fused-ring (bicyclic) bond motifs is 1. The van der Waals surface area contributed by atoms with Gasteiger partial charge < -0.3 is 14.5 Å². The third-order valence-corrected chi connectivity index (χ3v) is 3.45. The van der Waals surface area contributed by atoms with Crippen LogP contribution in [-0.2, 0) is 11.3 Å². The molecule has 1 aromatic heterocycles. The maximum absolute atomic E-state index is 10.5. The van der Waals surface area contributed by atoms with Crippen molar-refractivity contribution in [3.8, 4) is 0 Å². The molecule has 2 aromatic rings. The molecule has 0 bridgehead atoms. The van der Waals surface area contributed by atoms with E-state index in [4.69, 9.17) is 0 Å². The van der Waals surface area contributed by atoms with Crippen molar-refractivity contribution >= 4 is 16.9 Å². The summed E-state index contributed by atoms with van der Waals surface area (Å²) in [5, 5.41) is 11.7. The number of hydrogen-bond donors (Lipinski definition) is 0. The summed E-state index contributed by atoms with van der Waals surface area (Å²) in [6.45, 7) is 6.99. The minimum absolute atomic E-state index is 0. The van der Waals surface area contributed by atoms with E-state index in [9.17, 15) is 9.90 Å². The normalized spacial score (nSPS) is 10.5. The molecule has 0 amide bonds. The van der Waals surface area contributed by atoms with Crippen LogP contribution in [0.1, 0.15) is 29.7 Å². The molecule has 0 N–H and O–H groups in total. The van der Waals surface area contributed by atoms with Crippen LogP contribution in [0.2, 0.25) is 0 Å². The average molecular weight is 267 g/mol. The fraction of sp³-hybridized carbons (Fsp3) is 0.400. The summed E-state index contributed by atoms with van der Waals surface area (Å²) in [5.74, 6) is -0.975. The monoisotopic (exact) mass is 267 g/mol. The number of aromatic nitrogens is 1. The predicted octanol–water partition coefficient (Wildman–Crippen LogP) is -0.899. The molecule has 0 atom stereocenters. The van der Waals surface area contributed by atoms with Gasteiger partial charge in [-0.3, -0.25) is 0 Å². The van der Waals surface area contributed by atoms with Gasteiger partial charge in [0.05, 0.1) is 5.52 Å². The number of hydrogen-bond acceptors (Lipinski definition) is 2. The van der Waals surface area contributed by atoms with E-state index >= 15 is 0 Å². The van der Waals surface area contributed by atoms with Crippen molar-refractivity contribution in [2.75, 3.05) is 0 Å². The molecule has 3 nitrogen and oxygen atoms in total. The van der Waals surface area contributed by atoms with Gasteiger partial charge in [0.15, 0.2) is 0 Å². The van der Waals surface area contributed by atoms with Gasteiger partial charge in [-0.2, -0.15) is 0 Å². The molecule has 0 aliphatic rings. The molecule has 0 aliphatic carbocycles. The summed E-state index contributed by atoms with van der Waals surface area (Å²) in [6, 6.07) is 6.42. The van der Waals surface area contributed by atoms with E-state index in [0.29, 0.717) is 6.42 Å². The Morgan fingerprint density at radius 3 is 2.47 bits per heavy atom. The summed E-state index contributed by atoms with van der Waals surface area (Å²) in [6.07, 6.45) is 0.726. The Kier molecular flexibility index (Phi) is 5.65. The van der Waals surface area contributed by atoms with Crippen molar-refractivity contribution in [1.82, 2.24) is 4.57 Å². The van der Waals surface area contributed by atoms with Crippen molar-refractivity contribution in [3.05, 3.63) is 35.0 Å². The first-order valence-corrected chi connectivity index (χ1v) is 6.26. The first-order chi connectivity index (χ1) is 8.50. The number of benzene rings is 1. The number of carbonyl (C=O) groups excluding carboxylic acids is 1. The molecule has 0 radical (unpaired) electrons. The number of carboxylic acid groups (broad SMARTS) is 1. The van der Waals surface area contributed by atoms with Gasteiger partial charge in [-0.05, 0) is 50.8 Å². The average Bonchev–Trinajstić information content (AvgIpc) is 2.63. The number of aliphatic carboxylic acids is 1. The zero-order chi connectivity index (χ0) is 13.3. The zero-order valence-electron chi connectivity index (χ0n) is 12.1. The second kappa shape index (κ2) is 6.60. The molecule has 2 rings (SSSR count). The smallest absolute Gasteiger partial charge is 0.550 e. The molecule has 0 spiro atoms. The van der Waals surface area contributed by atoms with E-state index in [1.54, 1.807) is 0 Å². The van der Waals surface area contributed by atoms with E-state index in [2.05, 4.69) is 43.5 Å². The molecule has 4 heteroatoms. The molecule has 96 valence electrons. The third-order valence-electron chi connectivity index (χ3n) is 3.45. The Balaban J connectivity index is 0.00000180. The maximum Gasteiger partial charge on any atom is 1.00 e. The van der Waals surface area contributed by atoms with Gasteiger partial charge in [0.2, 0.25) is 0 Å². The quantitative estimate of drug-likeness (QED) is 0.674. The van der Waals surface area contributed by atoms with Gasteiger partial charge in [0, 0.05) is 23.6 Å². The van der Waals surface area contributed by atoms with Crippen LogP contribution in [0.3, 0.4) is 0 Å². The molecule has 1 heterocycles. The largest absolute Gasteiger partial charge is 1.00 e. The van der Waals surface area contributed by atoms with Crippen molar-refractivity contribution in [2.24, 2.45) is 0 Å². The van der Waals surface area contributed by atoms with Gasteiger partial charge in [-0.25, -0.2) is 0 Å². The minimum Gasteiger partial charge on any atom is -0.550 e. The fourth-order valence-corrected chi connectivity index (χ4v) is 2.49. The molecule has 0 aliphatic heterocycles. The summed E-state index contributed by atoms with van der Waals surface area (Å²) in [7, 11) is 0. The number of nitrogens with zero attached hydrogens (tertiary/aromatic N) is 1. The van der Waals surface area contributed by atoms with Gasteiger partial charge in [-0.1, -0.05) is 12.1 Å². The fourth-order valence-electron chi connectivity index (χ4n) is 2.49. The van der Waals surface area contributed by atoms with Crippen LogP contribution in [0.4, 0.5) is 0 Å². The first-order valence-electron chi connectivity index (χ1n) is 6.26. The zero-order valence-corrected chi connectivity index (χ0v) is 14.1. The molecule has 19 heavy (non-hydrogen) atoms. The van der Waals surface area contributed by atoms with Crippen molar-refractivity contribution in [1.29, 1.82) is 0 Å². The number of aryl methyl sites for hydroxylation is 4. The van der Waals surface area contributed by atoms with Crippen LogP contribution in [0.5, 0.6) is 0 Å². The minimum atomic E-state index is -0.975. The Morgan fingerprint density at radius 2 is 1.84 bits per heavy atom. The molecular formula is C15H18NNaO2. The Labute approximate surface area is 135 Å². The Hall–Kier alpha value is -0.770. The standard InChI is InChI=1S/C15H19NO2.Na/c1-10-6-7-11(2)15-13(10)9-12(3)16(15)8-4-5-14(17)18;/h6-7,9H,4-5,8H2,1-3H3,(H,17,18);/q;+1/p-1. The van der Waals surface area contributed by atoms with Crippen molar-refractivity contribution in [3.63, 3.8) is 0 Å². The van der Waals surface area contributed by atoms with E-state index in [-0.39, 0.29) is 36.0 Å². The number of carboxylic acids is 1. The second-order valence-electron chi connectivity index (χ2n) is 4.87. The van der Waals surface area contributed by atoms with E-state index in [0.717, 1.165) is 6.54 Å². The molecule has 1 aromatic carbocycles. The van der Waals surface area contributed by atoms with E-state index in [1.807, 2.05) is 0 Å². The predicted molar refractivity (Wildman–Crippen MR) is 70.4 cm³/mol. The first kappa shape index (κ1) is 16.3. The van der Waals surface area contributed by atoms with Crippen LogP contribution in [0.25, 0.3) is 10.9 Å². The second-order valence-corrected chi connectivity index (χ2v) is 4.87. The van der Waals surface area contributed by atoms with Gasteiger partial charge in [-0.15, -0.1) is 0 Å². The Bertz CT molecular complexity index is 602. The number of rotatable bonds is 4. The van der Waals surface area contributed by atoms with Crippen LogP contribution >= 0.6 is 0 Å². The summed E-state index contributed by atoms with van der Waals surface area (Å²) >= 11 is 0. The van der Waals surface area contributed by atoms with Gasteiger partial charge in [0.25, 0.3) is 0 Å². The van der Waals surface area contributed by atoms with Gasteiger partial charge in [0.1, 0.15) is 0 Å². The van der Waals surface area contributed by atoms with Crippen molar-refractivity contribution < 1.29 is 39.5 Å². The van der Waals surface area contributed by atoms with Crippen LogP contribution in [-0.4, -0.2) is 10.5 Å². The molecule has 0 saturated heterocycles. The summed E-state index contributed by atoms with van der Waals surface area (Å²) in [4.78, 5) is 10.5. The Morgan fingerprint density at radius 1 is 1.21 bits per heavy atom. The van der Waals surface area contributed by atoms with Crippen LogP contribution in [0, 0.1) is 20.8 Å². The number of carbonyl (C=O) groups is 1. The topological polar surface area (TPSA) is 45.1 Å². The SMILES string of the molecule is Cc1ccc(C)c2c1cc(C)n2CCCC(=O)[O-].[Na+]. The molecular weight excluding hydrogens is 249 g/mol. The molecule has 0 saturated carbocycles. The molecule has 0 fully saturated rings. The van der Waals surface area contributed by atoms with Crippen LogP contribution < -0.4 is 34.7 Å². The van der Waals surface area contributed by atoms with E-state index in [1.165, 1.54) is 27.7 Å². The maximum atomic E-state index is 10.5. The molecule has 0 unspecified atom stereocenters. The summed E-state index contributed by atoms with van der Waals surface area (Å²) < 4.78 is 2.21. The van der Waals surface area contributed by atoms with Gasteiger partial charge >= 0.3 is 29.6 Å². The third kappa shape index (κ3) is 3.41. The van der Waals surface area contributed by atoms with Crippen molar-refractivity contribution in [2.45, 2.75) is 40.2 Å². The van der Waals surface area contributed by atoms with E-state index < -0.39 is 5.97 Å². The summed E-state index contributed by atoms with van der Waals surface area (Å²) in [5.41, 5.74) is 4.90.